The number of nitrogens with two attached hydrogens (primary N) is 1. The molecule has 29 heavy (non-hydrogen) atoms. The first-order chi connectivity index (χ1) is 14.1. The highest BCUT2D eigenvalue weighted by atomic mass is 16.6. The Hall–Kier alpha value is -3.80. The summed E-state index contributed by atoms with van der Waals surface area (Å²) in [6.45, 7) is 1.49. The van der Waals surface area contributed by atoms with Gasteiger partial charge in [0.25, 0.3) is 0 Å². The number of cyclic esters (lactones) is 1. The number of anilines is 1. The molecular weight excluding hydrogens is 364 g/mol. The second kappa shape index (κ2) is 6.67. The third kappa shape index (κ3) is 2.89. The van der Waals surface area contributed by atoms with Gasteiger partial charge in [-0.05, 0) is 28.5 Å². The minimum Gasteiger partial charge on any atom is -0.447 e. The van der Waals surface area contributed by atoms with Gasteiger partial charge in [0.2, 0.25) is 0 Å². The Morgan fingerprint density at radius 1 is 1.03 bits per heavy atom. The van der Waals surface area contributed by atoms with Crippen LogP contribution in [0.2, 0.25) is 0 Å². The summed E-state index contributed by atoms with van der Waals surface area (Å²) in [6, 6.07) is 22.2. The van der Waals surface area contributed by atoms with Crippen LogP contribution in [-0.4, -0.2) is 29.6 Å². The second-order valence-electron chi connectivity index (χ2n) is 7.18. The van der Waals surface area contributed by atoms with Crippen molar-refractivity contribution in [2.75, 3.05) is 18.1 Å². The van der Waals surface area contributed by atoms with E-state index in [1.807, 2.05) is 42.5 Å². The minimum absolute atomic E-state index is 0.0203. The summed E-state index contributed by atoms with van der Waals surface area (Å²) in [5.41, 5.74) is 8.47. The summed E-state index contributed by atoms with van der Waals surface area (Å²) in [6.07, 6.45) is -0.334. The fraction of sp³-hybridized carbons (Fsp3) is 0.130. The number of rotatable bonds is 4. The monoisotopic (exact) mass is 384 g/mol. The lowest BCUT2D eigenvalue weighted by Gasteiger charge is -2.18. The second-order valence-corrected chi connectivity index (χ2v) is 7.18. The lowest BCUT2D eigenvalue weighted by Crippen LogP contribution is -2.26. The summed E-state index contributed by atoms with van der Waals surface area (Å²) in [5, 5.41) is 11.1. The van der Waals surface area contributed by atoms with Crippen molar-refractivity contribution in [3.05, 3.63) is 77.9 Å². The lowest BCUT2D eigenvalue weighted by molar-refractivity contribution is 0.181. The first kappa shape index (κ1) is 17.3. The number of nitrogens with zero attached hydrogens (tertiary/aromatic N) is 2. The number of carbonyl (C=O) groups excluding carboxylic acids is 1. The van der Waals surface area contributed by atoms with Gasteiger partial charge in [0.1, 0.15) is 18.3 Å². The van der Waals surface area contributed by atoms with Gasteiger partial charge in [-0.3, -0.25) is 10.3 Å². The van der Waals surface area contributed by atoms with E-state index in [9.17, 15) is 4.79 Å². The SMILES string of the molecule is N=C(N)c1ccc2cc(N3CCOC3=O)n(Cc3cccc4ccccc34)c2c1. The first-order valence-electron chi connectivity index (χ1n) is 9.50. The van der Waals surface area contributed by atoms with E-state index in [4.69, 9.17) is 15.9 Å². The van der Waals surface area contributed by atoms with Crippen molar-refractivity contribution in [3.8, 4) is 0 Å². The van der Waals surface area contributed by atoms with Crippen molar-refractivity contribution < 1.29 is 9.53 Å². The molecule has 0 aliphatic carbocycles. The molecule has 3 N–H and O–H groups in total. The van der Waals surface area contributed by atoms with Crippen LogP contribution in [-0.2, 0) is 11.3 Å². The smallest absolute Gasteiger partial charge is 0.415 e. The van der Waals surface area contributed by atoms with Crippen LogP contribution in [0.25, 0.3) is 21.7 Å². The molecule has 3 aromatic carbocycles. The molecule has 2 heterocycles. The average Bonchev–Trinajstić information content (AvgIpc) is 3.31. The topological polar surface area (TPSA) is 84.3 Å². The Bertz CT molecular complexity index is 1270. The van der Waals surface area contributed by atoms with Crippen LogP contribution in [0.3, 0.4) is 0 Å². The van der Waals surface area contributed by atoms with Crippen molar-refractivity contribution >= 4 is 39.4 Å². The van der Waals surface area contributed by atoms with Crippen LogP contribution >= 0.6 is 0 Å². The molecule has 1 aliphatic rings. The quantitative estimate of drug-likeness (QED) is 0.411. The number of hydrogen-bond donors (Lipinski definition) is 2. The molecule has 1 aliphatic heterocycles. The van der Waals surface area contributed by atoms with Gasteiger partial charge in [0.15, 0.2) is 0 Å². The Labute approximate surface area is 167 Å². The van der Waals surface area contributed by atoms with Crippen LogP contribution in [0.4, 0.5) is 10.6 Å². The van der Waals surface area contributed by atoms with E-state index in [2.05, 4.69) is 28.8 Å². The number of benzene rings is 3. The molecule has 5 rings (SSSR count). The predicted octanol–water partition coefficient (Wildman–Crippen LogP) is 4.08. The van der Waals surface area contributed by atoms with E-state index in [1.54, 1.807) is 4.90 Å². The van der Waals surface area contributed by atoms with E-state index in [1.165, 1.54) is 10.8 Å². The standard InChI is InChI=1S/C23H20N4O2/c24-22(25)17-9-8-16-13-21(26-10-11-29-23(26)28)27(20(16)12-17)14-18-6-3-5-15-4-1-2-7-19(15)18/h1-9,12-13H,10-11,14H2,(H3,24,25). The molecule has 0 atom stereocenters. The van der Waals surface area contributed by atoms with Gasteiger partial charge in [0.05, 0.1) is 18.6 Å². The molecule has 144 valence electrons. The van der Waals surface area contributed by atoms with E-state index in [-0.39, 0.29) is 11.9 Å². The molecule has 0 spiro atoms. The molecule has 6 heteroatoms. The first-order valence-corrected chi connectivity index (χ1v) is 9.50. The number of ether oxygens (including phenoxy) is 1. The molecule has 1 fully saturated rings. The van der Waals surface area contributed by atoms with E-state index >= 15 is 0 Å². The third-order valence-electron chi connectivity index (χ3n) is 5.44. The number of amidine groups is 1. The number of amides is 1. The van der Waals surface area contributed by atoms with Crippen molar-refractivity contribution in [2.45, 2.75) is 6.54 Å². The van der Waals surface area contributed by atoms with Gasteiger partial charge < -0.3 is 15.0 Å². The Balaban J connectivity index is 1.72. The third-order valence-corrected chi connectivity index (χ3v) is 5.44. The highest BCUT2D eigenvalue weighted by molar-refractivity contribution is 6.00. The Morgan fingerprint density at radius 2 is 1.86 bits per heavy atom. The molecule has 1 aromatic heterocycles. The zero-order chi connectivity index (χ0) is 20.0. The summed E-state index contributed by atoms with van der Waals surface area (Å²) in [7, 11) is 0. The zero-order valence-corrected chi connectivity index (χ0v) is 15.8. The summed E-state index contributed by atoms with van der Waals surface area (Å²) >= 11 is 0. The normalized spacial score (nSPS) is 13.9. The maximum absolute atomic E-state index is 12.3. The number of hydrogen-bond acceptors (Lipinski definition) is 3. The van der Waals surface area contributed by atoms with Gasteiger partial charge >= 0.3 is 6.09 Å². The fourth-order valence-corrected chi connectivity index (χ4v) is 4.00. The number of fused-ring (bicyclic) bond motifs is 2. The number of aromatic nitrogens is 1. The van der Waals surface area contributed by atoms with Gasteiger partial charge in [-0.1, -0.05) is 54.6 Å². The molecular formula is C23H20N4O2. The van der Waals surface area contributed by atoms with Crippen LogP contribution < -0.4 is 10.6 Å². The number of nitrogen functional groups attached to an aromatic ring is 1. The lowest BCUT2D eigenvalue weighted by atomic mass is 10.0. The van der Waals surface area contributed by atoms with Crippen LogP contribution in [0.5, 0.6) is 0 Å². The molecule has 4 aromatic rings. The van der Waals surface area contributed by atoms with Crippen molar-refractivity contribution in [3.63, 3.8) is 0 Å². The maximum atomic E-state index is 12.3. The van der Waals surface area contributed by atoms with Gasteiger partial charge in [0, 0.05) is 10.9 Å². The summed E-state index contributed by atoms with van der Waals surface area (Å²) < 4.78 is 7.28. The Morgan fingerprint density at radius 3 is 2.66 bits per heavy atom. The Kier molecular flexibility index (Phi) is 3.98. The molecule has 1 saturated heterocycles. The molecule has 0 radical (unpaired) electrons. The number of carbonyl (C=O) groups is 1. The van der Waals surface area contributed by atoms with Crippen molar-refractivity contribution in [1.29, 1.82) is 5.41 Å². The zero-order valence-electron chi connectivity index (χ0n) is 15.8. The minimum atomic E-state index is -0.334. The highest BCUT2D eigenvalue weighted by Gasteiger charge is 2.27. The maximum Gasteiger partial charge on any atom is 0.415 e. The molecule has 0 unspecified atom stereocenters. The van der Waals surface area contributed by atoms with Crippen molar-refractivity contribution in [1.82, 2.24) is 4.57 Å². The summed E-state index contributed by atoms with van der Waals surface area (Å²) in [4.78, 5) is 13.9. The largest absolute Gasteiger partial charge is 0.447 e. The molecule has 1 amide bonds. The van der Waals surface area contributed by atoms with Gasteiger partial charge in [-0.15, -0.1) is 0 Å². The van der Waals surface area contributed by atoms with E-state index in [0.29, 0.717) is 25.3 Å². The average molecular weight is 384 g/mol. The predicted molar refractivity (Wildman–Crippen MR) is 115 cm³/mol. The fourth-order valence-electron chi connectivity index (χ4n) is 4.00. The molecule has 0 bridgehead atoms. The van der Waals surface area contributed by atoms with E-state index < -0.39 is 0 Å². The van der Waals surface area contributed by atoms with Gasteiger partial charge in [-0.25, -0.2) is 4.79 Å². The molecule has 6 nitrogen and oxygen atoms in total. The summed E-state index contributed by atoms with van der Waals surface area (Å²) in [5.74, 6) is 0.808. The van der Waals surface area contributed by atoms with Gasteiger partial charge in [-0.2, -0.15) is 0 Å². The van der Waals surface area contributed by atoms with Crippen molar-refractivity contribution in [2.24, 2.45) is 5.73 Å². The van der Waals surface area contributed by atoms with Crippen LogP contribution in [0.1, 0.15) is 11.1 Å². The molecule has 0 saturated carbocycles. The van der Waals surface area contributed by atoms with Crippen LogP contribution in [0, 0.1) is 5.41 Å². The number of nitrogens with one attached hydrogen (secondary N) is 1. The highest BCUT2D eigenvalue weighted by Crippen LogP contribution is 2.31. The van der Waals surface area contributed by atoms with E-state index in [0.717, 1.165) is 22.3 Å². The van der Waals surface area contributed by atoms with Crippen LogP contribution in [0.15, 0.2) is 66.7 Å².